The van der Waals surface area contributed by atoms with Gasteiger partial charge in [-0.15, -0.1) is 0 Å². The first kappa shape index (κ1) is 10.0. The third kappa shape index (κ3) is 2.01. The lowest BCUT2D eigenvalue weighted by molar-refractivity contribution is 0.0147. The van der Waals surface area contributed by atoms with Crippen LogP contribution in [0.15, 0.2) is 0 Å². The predicted octanol–water partition coefficient (Wildman–Crippen LogP) is 2.69. The molecule has 1 aliphatic rings. The van der Waals surface area contributed by atoms with E-state index in [-0.39, 0.29) is 6.10 Å². The average molecular weight is 170 g/mol. The fourth-order valence-corrected chi connectivity index (χ4v) is 2.54. The van der Waals surface area contributed by atoms with Gasteiger partial charge in [-0.3, -0.25) is 0 Å². The summed E-state index contributed by atoms with van der Waals surface area (Å²) >= 11 is 0. The maximum Gasteiger partial charge on any atom is 0.0568 e. The van der Waals surface area contributed by atoms with Crippen molar-refractivity contribution in [3.8, 4) is 0 Å². The maximum atomic E-state index is 9.65. The lowest BCUT2D eigenvalue weighted by atomic mass is 9.69. The van der Waals surface area contributed by atoms with Gasteiger partial charge in [0.1, 0.15) is 0 Å². The molecule has 0 amide bonds. The Hall–Kier alpha value is -0.0400. The van der Waals surface area contributed by atoms with Crippen molar-refractivity contribution in [2.24, 2.45) is 23.7 Å². The molecule has 4 atom stereocenters. The standard InChI is InChI=1S/C11H22O/c1-7(2)10-5-9(4)11(12)6-8(10)3/h7-12H,5-6H2,1-4H3. The molecule has 1 fully saturated rings. The molecule has 0 radical (unpaired) electrons. The summed E-state index contributed by atoms with van der Waals surface area (Å²) in [7, 11) is 0. The van der Waals surface area contributed by atoms with Crippen molar-refractivity contribution in [2.75, 3.05) is 0 Å². The molecule has 0 saturated heterocycles. The maximum absolute atomic E-state index is 9.65. The molecule has 1 aliphatic carbocycles. The number of aliphatic hydroxyl groups excluding tert-OH is 1. The Kier molecular flexibility index (Phi) is 3.16. The lowest BCUT2D eigenvalue weighted by Gasteiger charge is -2.38. The van der Waals surface area contributed by atoms with Gasteiger partial charge in [-0.25, -0.2) is 0 Å². The molecule has 0 bridgehead atoms. The minimum absolute atomic E-state index is 0.0463. The van der Waals surface area contributed by atoms with Crippen molar-refractivity contribution in [1.29, 1.82) is 0 Å². The number of aliphatic hydroxyl groups is 1. The van der Waals surface area contributed by atoms with Gasteiger partial charge in [0.15, 0.2) is 0 Å². The largest absolute Gasteiger partial charge is 0.393 e. The number of rotatable bonds is 1. The smallest absolute Gasteiger partial charge is 0.0568 e. The van der Waals surface area contributed by atoms with Gasteiger partial charge in [-0.05, 0) is 36.5 Å². The van der Waals surface area contributed by atoms with E-state index in [1.807, 2.05) is 0 Å². The zero-order valence-electron chi connectivity index (χ0n) is 8.75. The average Bonchev–Trinajstić information content (AvgIpc) is 1.96. The van der Waals surface area contributed by atoms with Gasteiger partial charge >= 0.3 is 0 Å². The van der Waals surface area contributed by atoms with Gasteiger partial charge in [0.25, 0.3) is 0 Å². The first-order chi connectivity index (χ1) is 5.52. The van der Waals surface area contributed by atoms with Crippen molar-refractivity contribution in [1.82, 2.24) is 0 Å². The summed E-state index contributed by atoms with van der Waals surface area (Å²) in [6, 6.07) is 0. The molecule has 1 rings (SSSR count). The van der Waals surface area contributed by atoms with E-state index in [2.05, 4.69) is 27.7 Å². The molecular weight excluding hydrogens is 148 g/mol. The van der Waals surface area contributed by atoms with Crippen molar-refractivity contribution < 1.29 is 5.11 Å². The van der Waals surface area contributed by atoms with E-state index in [1.54, 1.807) is 0 Å². The van der Waals surface area contributed by atoms with Crippen LogP contribution in [0.25, 0.3) is 0 Å². The van der Waals surface area contributed by atoms with Crippen LogP contribution in [-0.4, -0.2) is 11.2 Å². The third-order valence-electron chi connectivity index (χ3n) is 3.50. The zero-order chi connectivity index (χ0) is 9.30. The molecule has 72 valence electrons. The zero-order valence-corrected chi connectivity index (χ0v) is 8.75. The van der Waals surface area contributed by atoms with E-state index < -0.39 is 0 Å². The molecule has 1 nitrogen and oxygen atoms in total. The Morgan fingerprint density at radius 3 is 2.17 bits per heavy atom. The molecule has 0 aromatic carbocycles. The van der Waals surface area contributed by atoms with Gasteiger partial charge in [0.05, 0.1) is 6.10 Å². The Labute approximate surface area is 76.2 Å². The van der Waals surface area contributed by atoms with Gasteiger partial charge < -0.3 is 5.11 Å². The molecule has 0 heterocycles. The fraction of sp³-hybridized carbons (Fsp3) is 1.00. The van der Waals surface area contributed by atoms with Crippen molar-refractivity contribution in [3.63, 3.8) is 0 Å². The molecule has 0 spiro atoms. The SMILES string of the molecule is CC(C)C1CC(C)C(O)CC1C. The Morgan fingerprint density at radius 1 is 1.08 bits per heavy atom. The Morgan fingerprint density at radius 2 is 1.67 bits per heavy atom. The van der Waals surface area contributed by atoms with Crippen LogP contribution in [0.3, 0.4) is 0 Å². The van der Waals surface area contributed by atoms with E-state index in [4.69, 9.17) is 0 Å². The van der Waals surface area contributed by atoms with Crippen LogP contribution in [0.1, 0.15) is 40.5 Å². The van der Waals surface area contributed by atoms with E-state index >= 15 is 0 Å². The second kappa shape index (κ2) is 3.78. The van der Waals surface area contributed by atoms with E-state index in [0.717, 1.165) is 18.3 Å². The summed E-state index contributed by atoms with van der Waals surface area (Å²) in [5, 5.41) is 9.65. The van der Waals surface area contributed by atoms with E-state index in [1.165, 1.54) is 6.42 Å². The Bertz CT molecular complexity index is 142. The first-order valence-corrected chi connectivity index (χ1v) is 5.20. The third-order valence-corrected chi connectivity index (χ3v) is 3.50. The van der Waals surface area contributed by atoms with Crippen LogP contribution in [0.4, 0.5) is 0 Å². The highest BCUT2D eigenvalue weighted by molar-refractivity contribution is 4.82. The summed E-state index contributed by atoms with van der Waals surface area (Å²) < 4.78 is 0. The number of hydrogen-bond donors (Lipinski definition) is 1. The Balaban J connectivity index is 2.55. The summed E-state index contributed by atoms with van der Waals surface area (Å²) in [6.45, 7) is 9.04. The molecule has 1 heteroatoms. The molecule has 1 saturated carbocycles. The summed E-state index contributed by atoms with van der Waals surface area (Å²) in [6.07, 6.45) is 2.17. The van der Waals surface area contributed by atoms with E-state index in [0.29, 0.717) is 11.8 Å². The topological polar surface area (TPSA) is 20.2 Å². The van der Waals surface area contributed by atoms with Crippen LogP contribution in [0, 0.1) is 23.7 Å². The van der Waals surface area contributed by atoms with Crippen LogP contribution < -0.4 is 0 Å². The lowest BCUT2D eigenvalue weighted by Crippen LogP contribution is -2.34. The monoisotopic (exact) mass is 170 g/mol. The van der Waals surface area contributed by atoms with Gasteiger partial charge in [0.2, 0.25) is 0 Å². The molecule has 0 aliphatic heterocycles. The van der Waals surface area contributed by atoms with Crippen molar-refractivity contribution in [2.45, 2.75) is 46.6 Å². The van der Waals surface area contributed by atoms with Gasteiger partial charge in [0, 0.05) is 0 Å². The highest BCUT2D eigenvalue weighted by Crippen LogP contribution is 2.37. The second-order valence-electron chi connectivity index (χ2n) is 4.90. The van der Waals surface area contributed by atoms with Gasteiger partial charge in [-0.1, -0.05) is 27.7 Å². The second-order valence-corrected chi connectivity index (χ2v) is 4.90. The predicted molar refractivity (Wildman–Crippen MR) is 51.9 cm³/mol. The van der Waals surface area contributed by atoms with Crippen LogP contribution in [0.5, 0.6) is 0 Å². The summed E-state index contributed by atoms with van der Waals surface area (Å²) in [4.78, 5) is 0. The fourth-order valence-electron chi connectivity index (χ4n) is 2.54. The minimum Gasteiger partial charge on any atom is -0.393 e. The van der Waals surface area contributed by atoms with Crippen LogP contribution in [0.2, 0.25) is 0 Å². The quantitative estimate of drug-likeness (QED) is 0.641. The highest BCUT2D eigenvalue weighted by atomic mass is 16.3. The minimum atomic E-state index is -0.0463. The molecule has 0 aromatic heterocycles. The summed E-state index contributed by atoms with van der Waals surface area (Å²) in [5.41, 5.74) is 0. The molecule has 12 heavy (non-hydrogen) atoms. The van der Waals surface area contributed by atoms with Crippen molar-refractivity contribution in [3.05, 3.63) is 0 Å². The van der Waals surface area contributed by atoms with E-state index in [9.17, 15) is 5.11 Å². The van der Waals surface area contributed by atoms with Crippen LogP contribution in [-0.2, 0) is 0 Å². The molecule has 4 unspecified atom stereocenters. The molecular formula is C11H22O. The molecule has 0 aromatic rings. The number of hydrogen-bond acceptors (Lipinski definition) is 1. The van der Waals surface area contributed by atoms with Gasteiger partial charge in [-0.2, -0.15) is 0 Å². The first-order valence-electron chi connectivity index (χ1n) is 5.20. The highest BCUT2D eigenvalue weighted by Gasteiger charge is 2.32. The summed E-state index contributed by atoms with van der Waals surface area (Å²) in [5.74, 6) is 2.81. The molecule has 1 N–H and O–H groups in total. The van der Waals surface area contributed by atoms with Crippen LogP contribution >= 0.6 is 0 Å². The van der Waals surface area contributed by atoms with Crippen molar-refractivity contribution >= 4 is 0 Å². The normalized spacial score (nSPS) is 43.5.